The lowest BCUT2D eigenvalue weighted by atomic mass is 9.67. The van der Waals surface area contributed by atoms with Gasteiger partial charge in [-0.25, -0.2) is 9.97 Å². The molecule has 1 amide bonds. The predicted molar refractivity (Wildman–Crippen MR) is 76.6 cm³/mol. The van der Waals surface area contributed by atoms with Crippen LogP contribution in [0.15, 0.2) is 12.5 Å². The summed E-state index contributed by atoms with van der Waals surface area (Å²) in [6.45, 7) is 5.97. The van der Waals surface area contributed by atoms with Crippen molar-refractivity contribution in [2.24, 2.45) is 11.3 Å². The van der Waals surface area contributed by atoms with Crippen molar-refractivity contribution in [2.45, 2.75) is 59.0 Å². The zero-order valence-corrected chi connectivity index (χ0v) is 12.4. The third kappa shape index (κ3) is 2.56. The molecule has 0 N–H and O–H groups in total. The summed E-state index contributed by atoms with van der Waals surface area (Å²) in [6.07, 6.45) is 9.11. The Balaban J connectivity index is 1.64. The summed E-state index contributed by atoms with van der Waals surface area (Å²) in [5, 5.41) is 0. The summed E-state index contributed by atoms with van der Waals surface area (Å²) in [4.78, 5) is 22.8. The van der Waals surface area contributed by atoms with Crippen LogP contribution in [0.3, 0.4) is 0 Å². The Hall–Kier alpha value is -1.45. The minimum atomic E-state index is 0.281. The Morgan fingerprint density at radius 1 is 1.40 bits per heavy atom. The molecule has 0 aromatic carbocycles. The second-order valence-electron chi connectivity index (χ2n) is 6.88. The molecule has 0 saturated heterocycles. The number of rotatable bonds is 2. The van der Waals surface area contributed by atoms with Crippen molar-refractivity contribution in [3.8, 4) is 0 Å². The van der Waals surface area contributed by atoms with E-state index in [0.29, 0.717) is 30.8 Å². The van der Waals surface area contributed by atoms with Gasteiger partial charge in [-0.05, 0) is 24.2 Å². The summed E-state index contributed by atoms with van der Waals surface area (Å²) in [7, 11) is 0. The van der Waals surface area contributed by atoms with Gasteiger partial charge in [-0.15, -0.1) is 0 Å². The van der Waals surface area contributed by atoms with Crippen LogP contribution in [0.2, 0.25) is 0 Å². The van der Waals surface area contributed by atoms with Crippen molar-refractivity contribution in [1.82, 2.24) is 14.9 Å². The number of carbonyl (C=O) groups is 1. The number of hydrogen-bond donors (Lipinski definition) is 0. The van der Waals surface area contributed by atoms with Gasteiger partial charge in [-0.2, -0.15) is 0 Å². The van der Waals surface area contributed by atoms with Gasteiger partial charge < -0.3 is 4.90 Å². The summed E-state index contributed by atoms with van der Waals surface area (Å²) in [6, 6.07) is 0. The van der Waals surface area contributed by atoms with Crippen LogP contribution in [0.4, 0.5) is 0 Å². The van der Waals surface area contributed by atoms with Crippen LogP contribution >= 0.6 is 0 Å². The van der Waals surface area contributed by atoms with Gasteiger partial charge in [0.15, 0.2) is 0 Å². The summed E-state index contributed by atoms with van der Waals surface area (Å²) >= 11 is 0. The highest BCUT2D eigenvalue weighted by atomic mass is 16.2. The second kappa shape index (κ2) is 5.15. The third-order valence-electron chi connectivity index (χ3n) is 5.09. The Kier molecular flexibility index (Phi) is 3.48. The van der Waals surface area contributed by atoms with Gasteiger partial charge in [0.25, 0.3) is 0 Å². The largest absolute Gasteiger partial charge is 0.332 e. The maximum Gasteiger partial charge on any atom is 0.223 e. The van der Waals surface area contributed by atoms with Crippen molar-refractivity contribution >= 4 is 5.91 Å². The van der Waals surface area contributed by atoms with Crippen LogP contribution in [-0.4, -0.2) is 20.8 Å². The maximum atomic E-state index is 12.5. The molecule has 4 heteroatoms. The molecule has 2 aliphatic rings. The fourth-order valence-corrected chi connectivity index (χ4v) is 3.56. The van der Waals surface area contributed by atoms with E-state index in [2.05, 4.69) is 23.8 Å². The van der Waals surface area contributed by atoms with Crippen LogP contribution in [0.1, 0.15) is 57.2 Å². The predicted octanol–water partition coefficient (Wildman–Crippen LogP) is 2.93. The molecule has 0 bridgehead atoms. The van der Waals surface area contributed by atoms with E-state index in [0.717, 1.165) is 11.3 Å². The molecule has 1 fully saturated rings. The van der Waals surface area contributed by atoms with Crippen molar-refractivity contribution < 1.29 is 4.79 Å². The van der Waals surface area contributed by atoms with Crippen molar-refractivity contribution in [3.63, 3.8) is 0 Å². The van der Waals surface area contributed by atoms with Gasteiger partial charge in [0.2, 0.25) is 5.91 Å². The zero-order valence-electron chi connectivity index (χ0n) is 12.4. The zero-order chi connectivity index (χ0) is 14.2. The minimum absolute atomic E-state index is 0.281. The maximum absolute atomic E-state index is 12.5. The lowest BCUT2D eigenvalue weighted by Gasteiger charge is -2.39. The van der Waals surface area contributed by atoms with Crippen molar-refractivity contribution in [2.75, 3.05) is 0 Å². The van der Waals surface area contributed by atoms with E-state index in [1.165, 1.54) is 25.7 Å². The average molecular weight is 273 g/mol. The van der Waals surface area contributed by atoms with E-state index in [-0.39, 0.29) is 5.91 Å². The van der Waals surface area contributed by atoms with Gasteiger partial charge in [0.1, 0.15) is 6.33 Å². The lowest BCUT2D eigenvalue weighted by molar-refractivity contribution is -0.134. The number of amides is 1. The monoisotopic (exact) mass is 273 g/mol. The quantitative estimate of drug-likeness (QED) is 0.832. The SMILES string of the molecule is CC1(C)CCCCC1CC(=O)N1Cc2cncnc2C1. The second-order valence-corrected chi connectivity index (χ2v) is 6.88. The highest BCUT2D eigenvalue weighted by Gasteiger charge is 2.35. The summed E-state index contributed by atoms with van der Waals surface area (Å²) in [5.41, 5.74) is 2.42. The third-order valence-corrected chi connectivity index (χ3v) is 5.09. The molecule has 1 atom stereocenters. The number of nitrogens with zero attached hydrogens (tertiary/aromatic N) is 3. The molecule has 3 rings (SSSR count). The molecule has 1 aromatic rings. The van der Waals surface area contributed by atoms with Gasteiger partial charge >= 0.3 is 0 Å². The molecule has 108 valence electrons. The van der Waals surface area contributed by atoms with E-state index in [1.807, 2.05) is 11.1 Å². The van der Waals surface area contributed by atoms with Crippen LogP contribution in [0.25, 0.3) is 0 Å². The Labute approximate surface area is 120 Å². The molecule has 20 heavy (non-hydrogen) atoms. The molecule has 1 unspecified atom stereocenters. The molecular weight excluding hydrogens is 250 g/mol. The number of fused-ring (bicyclic) bond motifs is 1. The highest BCUT2D eigenvalue weighted by molar-refractivity contribution is 5.77. The normalized spacial score (nSPS) is 24.5. The average Bonchev–Trinajstić information content (AvgIpc) is 2.85. The first-order valence-electron chi connectivity index (χ1n) is 7.62. The van der Waals surface area contributed by atoms with E-state index in [1.54, 1.807) is 6.33 Å². The smallest absolute Gasteiger partial charge is 0.223 e. The fraction of sp³-hybridized carbons (Fsp3) is 0.688. The molecule has 0 radical (unpaired) electrons. The molecule has 1 aromatic heterocycles. The number of carbonyl (C=O) groups excluding carboxylic acids is 1. The van der Waals surface area contributed by atoms with Crippen LogP contribution < -0.4 is 0 Å². The summed E-state index contributed by atoms with van der Waals surface area (Å²) < 4.78 is 0. The van der Waals surface area contributed by atoms with Gasteiger partial charge in [-0.3, -0.25) is 4.79 Å². The minimum Gasteiger partial charge on any atom is -0.332 e. The standard InChI is InChI=1S/C16H23N3O/c1-16(2)6-4-3-5-13(16)7-15(20)19-9-12-8-17-11-18-14(12)10-19/h8,11,13H,3-7,9-10H2,1-2H3. The Bertz CT molecular complexity index is 487. The van der Waals surface area contributed by atoms with Crippen LogP contribution in [-0.2, 0) is 17.9 Å². The highest BCUT2D eigenvalue weighted by Crippen LogP contribution is 2.42. The molecular formula is C16H23N3O. The van der Waals surface area contributed by atoms with Gasteiger partial charge in [0, 0.05) is 24.7 Å². The first kappa shape index (κ1) is 13.5. The number of aromatic nitrogens is 2. The van der Waals surface area contributed by atoms with E-state index >= 15 is 0 Å². The van der Waals surface area contributed by atoms with Crippen LogP contribution in [0.5, 0.6) is 0 Å². The van der Waals surface area contributed by atoms with E-state index < -0.39 is 0 Å². The molecule has 2 heterocycles. The topological polar surface area (TPSA) is 46.1 Å². The van der Waals surface area contributed by atoms with Crippen molar-refractivity contribution in [3.05, 3.63) is 23.8 Å². The fourth-order valence-electron chi connectivity index (χ4n) is 3.56. The van der Waals surface area contributed by atoms with E-state index in [9.17, 15) is 4.79 Å². The molecule has 4 nitrogen and oxygen atoms in total. The van der Waals surface area contributed by atoms with Crippen LogP contribution in [0, 0.1) is 11.3 Å². The lowest BCUT2D eigenvalue weighted by Crippen LogP contribution is -2.34. The first-order chi connectivity index (χ1) is 9.56. The van der Waals surface area contributed by atoms with E-state index in [4.69, 9.17) is 0 Å². The number of hydrogen-bond acceptors (Lipinski definition) is 3. The van der Waals surface area contributed by atoms with Gasteiger partial charge in [0.05, 0.1) is 12.2 Å². The Morgan fingerprint density at radius 3 is 3.00 bits per heavy atom. The Morgan fingerprint density at radius 2 is 2.25 bits per heavy atom. The van der Waals surface area contributed by atoms with Crippen molar-refractivity contribution in [1.29, 1.82) is 0 Å². The summed E-state index contributed by atoms with van der Waals surface area (Å²) in [5.74, 6) is 0.807. The molecule has 1 aliphatic heterocycles. The molecule has 1 aliphatic carbocycles. The van der Waals surface area contributed by atoms with Gasteiger partial charge in [-0.1, -0.05) is 26.7 Å². The molecule has 0 spiro atoms. The first-order valence-corrected chi connectivity index (χ1v) is 7.62. The molecule has 1 saturated carbocycles.